The first kappa shape index (κ1) is 21.1. The minimum atomic E-state index is -4.67. The van der Waals surface area contributed by atoms with Crippen molar-refractivity contribution >= 4 is 17.9 Å². The number of likely N-dealkylation sites (tertiary alicyclic amines) is 1. The van der Waals surface area contributed by atoms with Gasteiger partial charge in [0.1, 0.15) is 6.04 Å². The topological polar surface area (TPSA) is 86.7 Å². The van der Waals surface area contributed by atoms with Crippen molar-refractivity contribution in [3.8, 4) is 0 Å². The normalized spacial score (nSPS) is 24.0. The number of aliphatic carboxylic acids is 1. The summed E-state index contributed by atoms with van der Waals surface area (Å²) >= 11 is 0. The average molecular weight is 412 g/mol. The second kappa shape index (κ2) is 8.42. The minimum Gasteiger partial charge on any atom is -0.480 e. The molecule has 3 amide bonds. The SMILES string of the molecule is O=C(O)C1[C@@H](Cc2ccccc2)C(=O)N1C(=O)NC(C1CCCCC1)C(F)(F)F. The highest BCUT2D eigenvalue weighted by Crippen LogP contribution is 2.36. The quantitative estimate of drug-likeness (QED) is 0.726. The number of nitrogens with zero attached hydrogens (tertiary/aromatic N) is 1. The molecule has 2 fully saturated rings. The number of amides is 3. The number of benzene rings is 1. The monoisotopic (exact) mass is 412 g/mol. The van der Waals surface area contributed by atoms with Crippen LogP contribution in [0, 0.1) is 11.8 Å². The Balaban J connectivity index is 1.73. The lowest BCUT2D eigenvalue weighted by Gasteiger charge is -2.44. The summed E-state index contributed by atoms with van der Waals surface area (Å²) in [6.07, 6.45) is -1.77. The highest BCUT2D eigenvalue weighted by Gasteiger charge is 2.56. The Kier molecular flexibility index (Phi) is 6.14. The van der Waals surface area contributed by atoms with E-state index in [0.29, 0.717) is 36.1 Å². The Bertz CT molecular complexity index is 763. The Hall–Kier alpha value is -2.58. The summed E-state index contributed by atoms with van der Waals surface area (Å²) in [6.45, 7) is 0. The fraction of sp³-hybridized carbons (Fsp3) is 0.550. The zero-order valence-electron chi connectivity index (χ0n) is 15.7. The maximum Gasteiger partial charge on any atom is 0.408 e. The number of nitrogens with one attached hydrogen (secondary N) is 1. The van der Waals surface area contributed by atoms with Crippen LogP contribution in [-0.4, -0.2) is 46.2 Å². The van der Waals surface area contributed by atoms with Crippen molar-refractivity contribution in [2.24, 2.45) is 11.8 Å². The molecule has 3 rings (SSSR count). The lowest BCUT2D eigenvalue weighted by molar-refractivity contribution is -0.172. The molecule has 2 aliphatic rings. The largest absolute Gasteiger partial charge is 0.480 e. The van der Waals surface area contributed by atoms with Crippen molar-refractivity contribution in [3.63, 3.8) is 0 Å². The third-order valence-corrected chi connectivity index (χ3v) is 5.74. The number of halogens is 3. The number of imide groups is 1. The zero-order valence-corrected chi connectivity index (χ0v) is 15.7. The van der Waals surface area contributed by atoms with E-state index in [1.165, 1.54) is 0 Å². The molecular formula is C20H23F3N2O4. The van der Waals surface area contributed by atoms with Crippen LogP contribution in [0.4, 0.5) is 18.0 Å². The Morgan fingerprint density at radius 3 is 2.31 bits per heavy atom. The molecule has 2 N–H and O–H groups in total. The summed E-state index contributed by atoms with van der Waals surface area (Å²) in [5.41, 5.74) is 0.715. The van der Waals surface area contributed by atoms with Gasteiger partial charge in [-0.2, -0.15) is 13.2 Å². The van der Waals surface area contributed by atoms with Gasteiger partial charge in [0, 0.05) is 0 Å². The predicted octanol–water partition coefficient (Wildman–Crippen LogP) is 3.36. The number of urea groups is 1. The highest BCUT2D eigenvalue weighted by molar-refractivity contribution is 6.07. The van der Waals surface area contributed by atoms with Gasteiger partial charge in [-0.15, -0.1) is 0 Å². The van der Waals surface area contributed by atoms with Crippen LogP contribution in [0.25, 0.3) is 0 Å². The van der Waals surface area contributed by atoms with E-state index in [-0.39, 0.29) is 6.42 Å². The van der Waals surface area contributed by atoms with Crippen molar-refractivity contribution in [2.75, 3.05) is 0 Å². The van der Waals surface area contributed by atoms with Crippen LogP contribution in [0.2, 0.25) is 0 Å². The van der Waals surface area contributed by atoms with Gasteiger partial charge in [-0.1, -0.05) is 49.6 Å². The van der Waals surface area contributed by atoms with E-state index in [2.05, 4.69) is 0 Å². The van der Waals surface area contributed by atoms with E-state index in [1.807, 2.05) is 5.32 Å². The number of rotatable bonds is 5. The summed E-state index contributed by atoms with van der Waals surface area (Å²) in [5.74, 6) is -3.95. The average Bonchev–Trinajstić information content (AvgIpc) is 2.68. The van der Waals surface area contributed by atoms with E-state index in [1.54, 1.807) is 30.3 Å². The van der Waals surface area contributed by atoms with E-state index in [0.717, 1.165) is 6.42 Å². The number of β-lactam (4-membered cyclic amide) rings is 1. The van der Waals surface area contributed by atoms with Gasteiger partial charge < -0.3 is 10.4 Å². The summed E-state index contributed by atoms with van der Waals surface area (Å²) in [7, 11) is 0. The molecule has 1 aromatic rings. The van der Waals surface area contributed by atoms with Gasteiger partial charge in [0.25, 0.3) is 0 Å². The van der Waals surface area contributed by atoms with Crippen molar-refractivity contribution < 1.29 is 32.7 Å². The smallest absolute Gasteiger partial charge is 0.408 e. The third-order valence-electron chi connectivity index (χ3n) is 5.74. The number of carboxylic acids is 1. The Morgan fingerprint density at radius 1 is 1.14 bits per heavy atom. The molecule has 1 saturated heterocycles. The lowest BCUT2D eigenvalue weighted by Crippen LogP contribution is -2.70. The molecule has 1 heterocycles. The molecular weight excluding hydrogens is 389 g/mol. The van der Waals surface area contributed by atoms with Crippen LogP contribution in [0.5, 0.6) is 0 Å². The number of carboxylic acid groups (broad SMARTS) is 1. The van der Waals surface area contributed by atoms with E-state index < -0.39 is 48.0 Å². The first-order chi connectivity index (χ1) is 13.7. The molecule has 0 spiro atoms. The van der Waals surface area contributed by atoms with Crippen molar-refractivity contribution in [1.82, 2.24) is 10.2 Å². The Morgan fingerprint density at radius 2 is 1.76 bits per heavy atom. The van der Waals surface area contributed by atoms with E-state index >= 15 is 0 Å². The van der Waals surface area contributed by atoms with Crippen molar-refractivity contribution in [3.05, 3.63) is 35.9 Å². The van der Waals surface area contributed by atoms with Gasteiger partial charge >= 0.3 is 18.2 Å². The molecule has 1 aromatic carbocycles. The van der Waals surface area contributed by atoms with Crippen LogP contribution in [0.15, 0.2) is 30.3 Å². The summed E-state index contributed by atoms with van der Waals surface area (Å²) in [4.78, 5) is 37.0. The molecule has 0 bridgehead atoms. The molecule has 0 radical (unpaired) electrons. The number of alkyl halides is 3. The van der Waals surface area contributed by atoms with E-state index in [4.69, 9.17) is 0 Å². The highest BCUT2D eigenvalue weighted by atomic mass is 19.4. The van der Waals surface area contributed by atoms with Gasteiger partial charge in [0.2, 0.25) is 5.91 Å². The second-order valence-corrected chi connectivity index (χ2v) is 7.65. The summed E-state index contributed by atoms with van der Waals surface area (Å²) < 4.78 is 40.6. The summed E-state index contributed by atoms with van der Waals surface area (Å²) in [6, 6.07) is 3.81. The van der Waals surface area contributed by atoms with Crippen LogP contribution < -0.4 is 5.32 Å². The fourth-order valence-electron chi connectivity index (χ4n) is 4.26. The first-order valence-electron chi connectivity index (χ1n) is 9.67. The molecule has 9 heteroatoms. The van der Waals surface area contributed by atoms with Crippen LogP contribution in [-0.2, 0) is 16.0 Å². The number of hydrogen-bond donors (Lipinski definition) is 2. The number of hydrogen-bond acceptors (Lipinski definition) is 3. The maximum atomic E-state index is 13.5. The Labute approximate surface area is 166 Å². The van der Waals surface area contributed by atoms with Gasteiger partial charge in [-0.3, -0.25) is 4.79 Å². The predicted molar refractivity (Wildman–Crippen MR) is 96.9 cm³/mol. The van der Waals surface area contributed by atoms with Crippen LogP contribution in [0.3, 0.4) is 0 Å². The third kappa shape index (κ3) is 4.54. The lowest BCUT2D eigenvalue weighted by atomic mass is 9.82. The van der Waals surface area contributed by atoms with Gasteiger partial charge in [-0.25, -0.2) is 14.5 Å². The van der Waals surface area contributed by atoms with E-state index in [9.17, 15) is 32.7 Å². The molecule has 3 atom stereocenters. The molecule has 1 aliphatic heterocycles. The molecule has 1 aliphatic carbocycles. The molecule has 6 nitrogen and oxygen atoms in total. The van der Waals surface area contributed by atoms with Crippen molar-refractivity contribution in [2.45, 2.75) is 56.8 Å². The number of carbonyl (C=O) groups is 3. The molecule has 0 aromatic heterocycles. The molecule has 1 saturated carbocycles. The minimum absolute atomic E-state index is 0.103. The van der Waals surface area contributed by atoms with Gasteiger partial charge in [0.15, 0.2) is 6.04 Å². The van der Waals surface area contributed by atoms with Gasteiger partial charge in [0.05, 0.1) is 5.92 Å². The fourth-order valence-corrected chi connectivity index (χ4v) is 4.26. The maximum absolute atomic E-state index is 13.5. The standard InChI is InChI=1S/C20H23F3N2O4/c21-20(22,23)16(13-9-5-2-6-10-13)24-19(29)25-15(18(27)28)14(17(25)26)11-12-7-3-1-4-8-12/h1,3-4,7-8,13-16H,2,5-6,9-11H2,(H,24,29)(H,27,28)/t14-,15?,16?/m1/s1. The molecule has 29 heavy (non-hydrogen) atoms. The van der Waals surface area contributed by atoms with Gasteiger partial charge in [-0.05, 0) is 30.7 Å². The van der Waals surface area contributed by atoms with Crippen molar-refractivity contribution in [1.29, 1.82) is 0 Å². The molecule has 2 unspecified atom stereocenters. The second-order valence-electron chi connectivity index (χ2n) is 7.65. The van der Waals surface area contributed by atoms with Crippen LogP contribution in [0.1, 0.15) is 37.7 Å². The number of carbonyl (C=O) groups excluding carboxylic acids is 2. The first-order valence-corrected chi connectivity index (χ1v) is 9.67. The zero-order chi connectivity index (χ0) is 21.2. The molecule has 158 valence electrons. The van der Waals surface area contributed by atoms with Crippen LogP contribution >= 0.6 is 0 Å². The summed E-state index contributed by atoms with van der Waals surface area (Å²) in [5, 5.41) is 11.4.